The van der Waals surface area contributed by atoms with Gasteiger partial charge in [-0.15, -0.1) is 0 Å². The third-order valence-electron chi connectivity index (χ3n) is 2.32. The Morgan fingerprint density at radius 3 is 3.06 bits per heavy atom. The SMILES string of the molecule is CC(CN)Nc1nc2c([N+](=O)[O-])cccc2o1. The number of oxazole rings is 1. The molecule has 7 heteroatoms. The minimum Gasteiger partial charge on any atom is -0.423 e. The second-order valence-electron chi connectivity index (χ2n) is 3.68. The van der Waals surface area contributed by atoms with Crippen LogP contribution in [0, 0.1) is 10.1 Å². The van der Waals surface area contributed by atoms with Gasteiger partial charge >= 0.3 is 0 Å². The summed E-state index contributed by atoms with van der Waals surface area (Å²) in [4.78, 5) is 14.3. The number of benzene rings is 1. The van der Waals surface area contributed by atoms with Crippen molar-refractivity contribution in [2.45, 2.75) is 13.0 Å². The highest BCUT2D eigenvalue weighted by Crippen LogP contribution is 2.27. The van der Waals surface area contributed by atoms with Crippen molar-refractivity contribution in [2.24, 2.45) is 5.73 Å². The highest BCUT2D eigenvalue weighted by molar-refractivity contribution is 5.84. The Kier molecular flexibility index (Phi) is 2.92. The van der Waals surface area contributed by atoms with Gasteiger partial charge < -0.3 is 15.5 Å². The average Bonchev–Trinajstić information content (AvgIpc) is 2.70. The Balaban J connectivity index is 2.43. The van der Waals surface area contributed by atoms with Crippen LogP contribution in [0.1, 0.15) is 6.92 Å². The van der Waals surface area contributed by atoms with Gasteiger partial charge in [-0.1, -0.05) is 6.07 Å². The fourth-order valence-electron chi connectivity index (χ4n) is 1.41. The van der Waals surface area contributed by atoms with Crippen LogP contribution in [0.15, 0.2) is 22.6 Å². The number of fused-ring (bicyclic) bond motifs is 1. The Hall–Kier alpha value is -2.15. The van der Waals surface area contributed by atoms with E-state index in [0.717, 1.165) is 0 Å². The molecule has 1 aromatic heterocycles. The normalized spacial score (nSPS) is 12.6. The molecule has 0 bridgehead atoms. The summed E-state index contributed by atoms with van der Waals surface area (Å²) >= 11 is 0. The first-order valence-corrected chi connectivity index (χ1v) is 5.12. The van der Waals surface area contributed by atoms with Crippen molar-refractivity contribution in [2.75, 3.05) is 11.9 Å². The van der Waals surface area contributed by atoms with Gasteiger partial charge in [-0.2, -0.15) is 4.98 Å². The maximum atomic E-state index is 10.8. The topological polar surface area (TPSA) is 107 Å². The first-order chi connectivity index (χ1) is 8.11. The second-order valence-corrected chi connectivity index (χ2v) is 3.68. The van der Waals surface area contributed by atoms with E-state index in [1.165, 1.54) is 6.07 Å². The molecule has 1 heterocycles. The number of para-hydroxylation sites is 1. The van der Waals surface area contributed by atoms with Gasteiger partial charge in [0.1, 0.15) is 0 Å². The van der Waals surface area contributed by atoms with Gasteiger partial charge in [-0.3, -0.25) is 10.1 Å². The summed E-state index contributed by atoms with van der Waals surface area (Å²) in [6.45, 7) is 2.28. The molecule has 1 atom stereocenters. The molecule has 0 radical (unpaired) electrons. The van der Waals surface area contributed by atoms with Crippen LogP contribution in [0.2, 0.25) is 0 Å². The molecule has 0 saturated heterocycles. The predicted molar refractivity (Wildman–Crippen MR) is 62.8 cm³/mol. The van der Waals surface area contributed by atoms with Crippen LogP contribution in [0.3, 0.4) is 0 Å². The lowest BCUT2D eigenvalue weighted by Gasteiger charge is -2.07. The molecule has 0 saturated carbocycles. The van der Waals surface area contributed by atoms with Gasteiger partial charge in [0.15, 0.2) is 11.1 Å². The summed E-state index contributed by atoms with van der Waals surface area (Å²) in [5, 5.41) is 13.7. The highest BCUT2D eigenvalue weighted by atomic mass is 16.6. The molecule has 1 aromatic carbocycles. The fraction of sp³-hybridized carbons (Fsp3) is 0.300. The minimum atomic E-state index is -0.485. The number of nitro groups is 1. The van der Waals surface area contributed by atoms with E-state index in [2.05, 4.69) is 10.3 Å². The zero-order valence-electron chi connectivity index (χ0n) is 9.21. The standard InChI is InChI=1S/C10H12N4O3/c1-6(5-11)12-10-13-9-7(14(15)16)3-2-4-8(9)17-10/h2-4,6H,5,11H2,1H3,(H,12,13). The Labute approximate surface area is 96.8 Å². The summed E-state index contributed by atoms with van der Waals surface area (Å²) in [5.41, 5.74) is 6.00. The number of aromatic nitrogens is 1. The Morgan fingerprint density at radius 1 is 1.65 bits per heavy atom. The molecule has 0 aliphatic carbocycles. The van der Waals surface area contributed by atoms with E-state index in [4.69, 9.17) is 10.2 Å². The number of non-ortho nitro benzene ring substituents is 1. The van der Waals surface area contributed by atoms with Gasteiger partial charge in [-0.25, -0.2) is 0 Å². The summed E-state index contributed by atoms with van der Waals surface area (Å²) in [6.07, 6.45) is 0. The van der Waals surface area contributed by atoms with E-state index < -0.39 is 4.92 Å². The molecule has 0 amide bonds. The maximum absolute atomic E-state index is 10.8. The van der Waals surface area contributed by atoms with Gasteiger partial charge in [-0.05, 0) is 13.0 Å². The van der Waals surface area contributed by atoms with Crippen LogP contribution in [0.25, 0.3) is 11.1 Å². The lowest BCUT2D eigenvalue weighted by atomic mass is 10.3. The number of nitrogens with two attached hydrogens (primary N) is 1. The smallest absolute Gasteiger partial charge is 0.298 e. The summed E-state index contributed by atoms with van der Waals surface area (Å²) in [5.74, 6) is 0. The zero-order valence-corrected chi connectivity index (χ0v) is 9.21. The van der Waals surface area contributed by atoms with E-state index in [1.54, 1.807) is 12.1 Å². The number of hydrogen-bond donors (Lipinski definition) is 2. The molecule has 0 aliphatic rings. The third kappa shape index (κ3) is 2.18. The van der Waals surface area contributed by atoms with Crippen molar-refractivity contribution < 1.29 is 9.34 Å². The van der Waals surface area contributed by atoms with Crippen LogP contribution in [0.5, 0.6) is 0 Å². The lowest BCUT2D eigenvalue weighted by molar-refractivity contribution is -0.383. The third-order valence-corrected chi connectivity index (χ3v) is 2.32. The first kappa shape index (κ1) is 11.3. The number of nitrogens with one attached hydrogen (secondary N) is 1. The molecule has 1 unspecified atom stereocenters. The van der Waals surface area contributed by atoms with Gasteiger partial charge in [0, 0.05) is 18.7 Å². The van der Waals surface area contributed by atoms with Crippen molar-refractivity contribution in [3.05, 3.63) is 28.3 Å². The quantitative estimate of drug-likeness (QED) is 0.615. The number of anilines is 1. The van der Waals surface area contributed by atoms with Crippen LogP contribution in [-0.4, -0.2) is 22.5 Å². The van der Waals surface area contributed by atoms with Crippen LogP contribution >= 0.6 is 0 Å². The molecular formula is C10H12N4O3. The monoisotopic (exact) mass is 236 g/mol. The molecule has 7 nitrogen and oxygen atoms in total. The highest BCUT2D eigenvalue weighted by Gasteiger charge is 2.17. The maximum Gasteiger partial charge on any atom is 0.298 e. The van der Waals surface area contributed by atoms with Crippen molar-refractivity contribution in [1.82, 2.24) is 4.98 Å². The number of nitrogens with zero attached hydrogens (tertiary/aromatic N) is 2. The Morgan fingerprint density at radius 2 is 2.41 bits per heavy atom. The van der Waals surface area contributed by atoms with E-state index in [-0.39, 0.29) is 23.3 Å². The van der Waals surface area contributed by atoms with E-state index in [9.17, 15) is 10.1 Å². The largest absolute Gasteiger partial charge is 0.423 e. The second kappa shape index (κ2) is 4.38. The predicted octanol–water partition coefficient (Wildman–Crippen LogP) is 1.50. The fourth-order valence-corrected chi connectivity index (χ4v) is 1.41. The zero-order chi connectivity index (χ0) is 12.4. The Bertz CT molecular complexity index is 551. The average molecular weight is 236 g/mol. The molecule has 0 fully saturated rings. The molecule has 0 spiro atoms. The minimum absolute atomic E-state index is 0.0119. The molecule has 3 N–H and O–H groups in total. The molecule has 2 aromatic rings. The van der Waals surface area contributed by atoms with Gasteiger partial charge in [0.2, 0.25) is 0 Å². The van der Waals surface area contributed by atoms with Crippen LogP contribution < -0.4 is 11.1 Å². The number of rotatable bonds is 4. The molecule has 0 aliphatic heterocycles. The van der Waals surface area contributed by atoms with Crippen molar-refractivity contribution in [1.29, 1.82) is 0 Å². The lowest BCUT2D eigenvalue weighted by Crippen LogP contribution is -2.25. The van der Waals surface area contributed by atoms with Crippen molar-refractivity contribution in [3.63, 3.8) is 0 Å². The summed E-state index contributed by atoms with van der Waals surface area (Å²) < 4.78 is 5.35. The van der Waals surface area contributed by atoms with E-state index >= 15 is 0 Å². The van der Waals surface area contributed by atoms with Crippen molar-refractivity contribution in [3.8, 4) is 0 Å². The number of nitro benzene ring substituents is 1. The molecular weight excluding hydrogens is 224 g/mol. The first-order valence-electron chi connectivity index (χ1n) is 5.12. The number of hydrogen-bond acceptors (Lipinski definition) is 6. The van der Waals surface area contributed by atoms with Gasteiger partial charge in [0.25, 0.3) is 11.7 Å². The molecule has 2 rings (SSSR count). The van der Waals surface area contributed by atoms with E-state index in [1.807, 2.05) is 6.92 Å². The van der Waals surface area contributed by atoms with Crippen molar-refractivity contribution >= 4 is 22.8 Å². The summed E-state index contributed by atoms with van der Waals surface area (Å²) in [6, 6.07) is 4.81. The molecule has 17 heavy (non-hydrogen) atoms. The van der Waals surface area contributed by atoms with Crippen LogP contribution in [0.4, 0.5) is 11.7 Å². The van der Waals surface area contributed by atoms with E-state index in [0.29, 0.717) is 12.1 Å². The van der Waals surface area contributed by atoms with Gasteiger partial charge in [0.05, 0.1) is 4.92 Å². The van der Waals surface area contributed by atoms with Crippen LogP contribution in [-0.2, 0) is 0 Å². The summed E-state index contributed by atoms with van der Waals surface area (Å²) in [7, 11) is 0. The molecule has 90 valence electrons.